The lowest BCUT2D eigenvalue weighted by atomic mass is 10.1. The number of amides is 2. The lowest BCUT2D eigenvalue weighted by Crippen LogP contribution is -2.33. The number of halogens is 3. The second-order valence-corrected chi connectivity index (χ2v) is 6.60. The van der Waals surface area contributed by atoms with Crippen LogP contribution in [0.25, 0.3) is 0 Å². The fourth-order valence-electron chi connectivity index (χ4n) is 2.60. The number of rotatable bonds is 4. The van der Waals surface area contributed by atoms with Crippen molar-refractivity contribution in [1.29, 1.82) is 0 Å². The molecule has 0 saturated carbocycles. The van der Waals surface area contributed by atoms with E-state index in [2.05, 4.69) is 10.6 Å². The first-order chi connectivity index (χ1) is 11.5. The smallest absolute Gasteiger partial charge is 0.251 e. The highest BCUT2D eigenvalue weighted by Crippen LogP contribution is 2.40. The second-order valence-electron chi connectivity index (χ2n) is 5.41. The van der Waals surface area contributed by atoms with E-state index in [4.69, 9.17) is 34.8 Å². The van der Waals surface area contributed by atoms with Gasteiger partial charge in [-0.1, -0.05) is 59.1 Å². The topological polar surface area (TPSA) is 58.2 Å². The van der Waals surface area contributed by atoms with Gasteiger partial charge in [-0.2, -0.15) is 0 Å². The summed E-state index contributed by atoms with van der Waals surface area (Å²) in [6.45, 7) is 0. The van der Waals surface area contributed by atoms with Crippen molar-refractivity contribution < 1.29 is 9.59 Å². The lowest BCUT2D eigenvalue weighted by Gasteiger charge is -2.12. The van der Waals surface area contributed by atoms with Crippen molar-refractivity contribution in [1.82, 2.24) is 5.32 Å². The quantitative estimate of drug-likeness (QED) is 0.822. The van der Waals surface area contributed by atoms with Gasteiger partial charge in [0.05, 0.1) is 15.7 Å². The minimum atomic E-state index is -0.770. The fraction of sp³-hybridized carbons (Fsp3) is 0.176. The zero-order chi connectivity index (χ0) is 17.3. The second kappa shape index (κ2) is 7.01. The SMILES string of the molecule is O=C(CCc1ccccc1Cl)N[C@@H]1C(=O)Nc2c1ccc(Cl)c2Cl. The van der Waals surface area contributed by atoms with Gasteiger partial charge in [0.1, 0.15) is 6.04 Å². The van der Waals surface area contributed by atoms with E-state index in [-0.39, 0.29) is 23.3 Å². The van der Waals surface area contributed by atoms with Crippen LogP contribution in [-0.2, 0) is 16.0 Å². The highest BCUT2D eigenvalue weighted by molar-refractivity contribution is 6.44. The number of carbonyl (C=O) groups excluding carboxylic acids is 2. The molecule has 0 saturated heterocycles. The molecule has 0 aliphatic carbocycles. The van der Waals surface area contributed by atoms with Gasteiger partial charge < -0.3 is 10.6 Å². The number of hydrogen-bond acceptors (Lipinski definition) is 2. The van der Waals surface area contributed by atoms with Gasteiger partial charge in [-0.25, -0.2) is 0 Å². The van der Waals surface area contributed by atoms with Crippen molar-refractivity contribution in [2.75, 3.05) is 5.32 Å². The van der Waals surface area contributed by atoms with Crippen LogP contribution in [-0.4, -0.2) is 11.8 Å². The van der Waals surface area contributed by atoms with E-state index in [0.29, 0.717) is 27.7 Å². The van der Waals surface area contributed by atoms with Crippen molar-refractivity contribution >= 4 is 52.3 Å². The van der Waals surface area contributed by atoms with Crippen molar-refractivity contribution in [2.24, 2.45) is 0 Å². The third kappa shape index (κ3) is 3.36. The van der Waals surface area contributed by atoms with Crippen LogP contribution in [0.4, 0.5) is 5.69 Å². The van der Waals surface area contributed by atoms with Gasteiger partial charge in [-0.3, -0.25) is 9.59 Å². The Labute approximate surface area is 154 Å². The van der Waals surface area contributed by atoms with E-state index in [1.54, 1.807) is 18.2 Å². The molecule has 2 N–H and O–H groups in total. The Morgan fingerprint density at radius 2 is 1.83 bits per heavy atom. The Hall–Kier alpha value is -1.75. The predicted octanol–water partition coefficient (Wildman–Crippen LogP) is 4.39. The van der Waals surface area contributed by atoms with E-state index in [1.807, 2.05) is 18.2 Å². The molecule has 1 aliphatic rings. The minimum absolute atomic E-state index is 0.226. The zero-order valence-electron chi connectivity index (χ0n) is 12.4. The van der Waals surface area contributed by atoms with Crippen LogP contribution < -0.4 is 10.6 Å². The molecule has 2 aromatic carbocycles. The normalized spacial score (nSPS) is 15.8. The van der Waals surface area contributed by atoms with Gasteiger partial charge in [-0.05, 0) is 24.1 Å². The predicted molar refractivity (Wildman–Crippen MR) is 95.7 cm³/mol. The monoisotopic (exact) mass is 382 g/mol. The maximum Gasteiger partial charge on any atom is 0.251 e. The Morgan fingerprint density at radius 3 is 2.58 bits per heavy atom. The summed E-state index contributed by atoms with van der Waals surface area (Å²) in [6, 6.07) is 9.86. The molecule has 2 amide bonds. The maximum atomic E-state index is 12.2. The van der Waals surface area contributed by atoms with E-state index < -0.39 is 6.04 Å². The van der Waals surface area contributed by atoms with Gasteiger partial charge in [0.25, 0.3) is 5.91 Å². The minimum Gasteiger partial charge on any atom is -0.340 e. The number of hydrogen-bond donors (Lipinski definition) is 2. The largest absolute Gasteiger partial charge is 0.340 e. The summed E-state index contributed by atoms with van der Waals surface area (Å²) in [5.41, 5.74) is 1.95. The summed E-state index contributed by atoms with van der Waals surface area (Å²) in [4.78, 5) is 24.3. The van der Waals surface area contributed by atoms with Crippen molar-refractivity contribution in [3.8, 4) is 0 Å². The molecule has 1 atom stereocenters. The molecular formula is C17H13Cl3N2O2. The van der Waals surface area contributed by atoms with Crippen molar-refractivity contribution in [3.05, 3.63) is 62.6 Å². The molecule has 0 radical (unpaired) electrons. The van der Waals surface area contributed by atoms with Crippen LogP contribution in [0.1, 0.15) is 23.6 Å². The van der Waals surface area contributed by atoms with E-state index in [1.165, 1.54) is 0 Å². The number of carbonyl (C=O) groups is 2. The Kier molecular flexibility index (Phi) is 4.99. The summed E-state index contributed by atoms with van der Waals surface area (Å²) in [5.74, 6) is -0.575. The fourth-order valence-corrected chi connectivity index (χ4v) is 3.20. The first kappa shape index (κ1) is 17.1. The van der Waals surface area contributed by atoms with E-state index in [0.717, 1.165) is 5.56 Å². The van der Waals surface area contributed by atoms with Crippen LogP contribution in [0.3, 0.4) is 0 Å². The van der Waals surface area contributed by atoms with Crippen LogP contribution >= 0.6 is 34.8 Å². The third-order valence-corrected chi connectivity index (χ3v) is 5.01. The first-order valence-corrected chi connectivity index (χ1v) is 8.42. The lowest BCUT2D eigenvalue weighted by molar-refractivity contribution is -0.126. The Balaban J connectivity index is 1.69. The van der Waals surface area contributed by atoms with Crippen molar-refractivity contribution in [3.63, 3.8) is 0 Å². The molecule has 0 bridgehead atoms. The summed E-state index contributed by atoms with van der Waals surface area (Å²) in [6.07, 6.45) is 0.720. The molecule has 0 aromatic heterocycles. The summed E-state index contributed by atoms with van der Waals surface area (Å²) in [7, 11) is 0. The maximum absolute atomic E-state index is 12.2. The molecule has 124 valence electrons. The highest BCUT2D eigenvalue weighted by atomic mass is 35.5. The molecule has 2 aromatic rings. The van der Waals surface area contributed by atoms with Crippen LogP contribution in [0.15, 0.2) is 36.4 Å². The molecule has 4 nitrogen and oxygen atoms in total. The standard InChI is InChI=1S/C17H13Cl3N2O2/c18-11-4-2-1-3-9(11)5-8-13(23)21-16-10-6-7-12(19)14(20)15(10)22-17(16)24/h1-4,6-7,16H,5,8H2,(H,21,23)(H,22,24)/t16-/m0/s1. The molecule has 0 fully saturated rings. The van der Waals surface area contributed by atoms with Crippen LogP contribution in [0.5, 0.6) is 0 Å². The van der Waals surface area contributed by atoms with Gasteiger partial charge in [0, 0.05) is 17.0 Å². The molecule has 24 heavy (non-hydrogen) atoms. The molecule has 0 spiro atoms. The number of benzene rings is 2. The molecule has 1 heterocycles. The number of aryl methyl sites for hydroxylation is 1. The van der Waals surface area contributed by atoms with Gasteiger partial charge >= 0.3 is 0 Å². The molecule has 3 rings (SSSR count). The Bertz CT molecular complexity index is 823. The van der Waals surface area contributed by atoms with Gasteiger partial charge in [0.2, 0.25) is 5.91 Å². The molecular weight excluding hydrogens is 371 g/mol. The Morgan fingerprint density at radius 1 is 1.08 bits per heavy atom. The zero-order valence-corrected chi connectivity index (χ0v) is 14.7. The van der Waals surface area contributed by atoms with Crippen molar-refractivity contribution in [2.45, 2.75) is 18.9 Å². The molecule has 1 aliphatic heterocycles. The average molecular weight is 384 g/mol. The molecule has 7 heteroatoms. The van der Waals surface area contributed by atoms with Crippen LogP contribution in [0.2, 0.25) is 15.1 Å². The highest BCUT2D eigenvalue weighted by Gasteiger charge is 2.33. The van der Waals surface area contributed by atoms with Gasteiger partial charge in [-0.15, -0.1) is 0 Å². The number of anilines is 1. The third-order valence-electron chi connectivity index (χ3n) is 3.83. The van der Waals surface area contributed by atoms with Crippen LogP contribution in [0, 0.1) is 0 Å². The first-order valence-electron chi connectivity index (χ1n) is 7.29. The number of nitrogens with one attached hydrogen (secondary N) is 2. The van der Waals surface area contributed by atoms with E-state index >= 15 is 0 Å². The number of fused-ring (bicyclic) bond motifs is 1. The summed E-state index contributed by atoms with van der Waals surface area (Å²) >= 11 is 18.1. The van der Waals surface area contributed by atoms with E-state index in [9.17, 15) is 9.59 Å². The average Bonchev–Trinajstić information content (AvgIpc) is 2.87. The van der Waals surface area contributed by atoms with Gasteiger partial charge in [0.15, 0.2) is 0 Å². The molecule has 0 unspecified atom stereocenters. The summed E-state index contributed by atoms with van der Waals surface area (Å²) in [5, 5.41) is 6.62. The summed E-state index contributed by atoms with van der Waals surface area (Å²) < 4.78 is 0.